The van der Waals surface area contributed by atoms with Gasteiger partial charge in [0.05, 0.1) is 22.7 Å². The quantitative estimate of drug-likeness (QED) is 0.697. The Morgan fingerprint density at radius 1 is 1.14 bits per heavy atom. The van der Waals surface area contributed by atoms with Crippen molar-refractivity contribution < 1.29 is 0 Å². The molecule has 0 aliphatic carbocycles. The maximum absolute atomic E-state index is 9.07. The number of hydrogen-bond donors (Lipinski definition) is 1. The summed E-state index contributed by atoms with van der Waals surface area (Å²) in [5.41, 5.74) is 4.79. The van der Waals surface area contributed by atoms with E-state index in [-0.39, 0.29) is 0 Å². The lowest BCUT2D eigenvalue weighted by Gasteiger charge is -2.08. The molecule has 0 aliphatic rings. The molecule has 1 N–H and O–H groups in total. The van der Waals surface area contributed by atoms with E-state index in [1.165, 1.54) is 5.56 Å². The lowest BCUT2D eigenvalue weighted by Crippen LogP contribution is -1.95. The van der Waals surface area contributed by atoms with Crippen molar-refractivity contribution in [3.8, 4) is 11.8 Å². The summed E-state index contributed by atoms with van der Waals surface area (Å²) in [4.78, 5) is 3.18. The number of nitrogens with zero attached hydrogens (tertiary/aromatic N) is 2. The fraction of sp³-hybridized carbons (Fsp3) is 0.176. The number of H-pyrrole nitrogens is 1. The van der Waals surface area contributed by atoms with E-state index >= 15 is 0 Å². The molecule has 21 heavy (non-hydrogen) atoms. The van der Waals surface area contributed by atoms with Gasteiger partial charge >= 0.3 is 0 Å². The van der Waals surface area contributed by atoms with Gasteiger partial charge in [-0.25, -0.2) is 0 Å². The number of rotatable bonds is 2. The molecule has 0 aliphatic heterocycles. The van der Waals surface area contributed by atoms with Gasteiger partial charge in [-0.05, 0) is 54.0 Å². The van der Waals surface area contributed by atoms with Gasteiger partial charge in [0.1, 0.15) is 0 Å². The normalized spacial score (nSPS) is 11.0. The third-order valence-electron chi connectivity index (χ3n) is 3.63. The number of nitrogens with one attached hydrogen (secondary N) is 1. The van der Waals surface area contributed by atoms with Crippen molar-refractivity contribution in [2.24, 2.45) is 0 Å². The van der Waals surface area contributed by atoms with E-state index in [2.05, 4.69) is 49.2 Å². The Kier molecular flexibility index (Phi) is 3.36. The summed E-state index contributed by atoms with van der Waals surface area (Å²) in [6.07, 6.45) is 0. The van der Waals surface area contributed by atoms with Crippen molar-refractivity contribution in [1.82, 2.24) is 9.55 Å². The summed E-state index contributed by atoms with van der Waals surface area (Å²) < 4.78 is 2.60. The number of aromatic nitrogens is 2. The van der Waals surface area contributed by atoms with E-state index in [9.17, 15) is 0 Å². The first kappa shape index (κ1) is 13.6. The summed E-state index contributed by atoms with van der Waals surface area (Å²) in [7, 11) is 0. The van der Waals surface area contributed by atoms with Crippen LogP contribution in [0.3, 0.4) is 0 Å². The minimum Gasteiger partial charge on any atom is -0.330 e. The summed E-state index contributed by atoms with van der Waals surface area (Å²) in [6, 6.07) is 16.1. The monoisotopic (exact) mass is 293 g/mol. The lowest BCUT2D eigenvalue weighted by atomic mass is 10.0. The summed E-state index contributed by atoms with van der Waals surface area (Å²) in [6.45, 7) is 4.34. The maximum Gasteiger partial charge on any atom is 0.182 e. The van der Waals surface area contributed by atoms with Crippen LogP contribution in [-0.2, 0) is 0 Å². The first-order valence-corrected chi connectivity index (χ1v) is 7.26. The molecular weight excluding hydrogens is 278 g/mol. The number of hydrogen-bond acceptors (Lipinski definition) is 2. The van der Waals surface area contributed by atoms with Crippen LogP contribution in [0.5, 0.6) is 0 Å². The highest BCUT2D eigenvalue weighted by Crippen LogP contribution is 2.22. The zero-order valence-corrected chi connectivity index (χ0v) is 12.7. The van der Waals surface area contributed by atoms with Crippen molar-refractivity contribution in [1.29, 1.82) is 5.26 Å². The molecule has 0 atom stereocenters. The summed E-state index contributed by atoms with van der Waals surface area (Å²) in [5.74, 6) is 0.500. The van der Waals surface area contributed by atoms with E-state index in [4.69, 9.17) is 17.5 Å². The molecule has 0 spiro atoms. The lowest BCUT2D eigenvalue weighted by molar-refractivity contribution is 0.865. The maximum atomic E-state index is 9.07. The molecule has 0 saturated heterocycles. The Bertz CT molecular complexity index is 892. The highest BCUT2D eigenvalue weighted by atomic mass is 32.1. The molecule has 3 rings (SSSR count). The fourth-order valence-electron chi connectivity index (χ4n) is 2.44. The number of nitriles is 1. The number of imidazole rings is 1. The van der Waals surface area contributed by atoms with E-state index in [0.29, 0.717) is 16.3 Å². The Morgan fingerprint density at radius 2 is 1.86 bits per heavy atom. The van der Waals surface area contributed by atoms with Crippen LogP contribution in [0.25, 0.3) is 16.7 Å². The molecule has 104 valence electrons. The van der Waals surface area contributed by atoms with Crippen LogP contribution in [0.15, 0.2) is 42.5 Å². The van der Waals surface area contributed by atoms with Gasteiger partial charge in [-0.2, -0.15) is 5.26 Å². The first-order chi connectivity index (χ1) is 10.1. The van der Waals surface area contributed by atoms with Crippen molar-refractivity contribution in [3.05, 3.63) is 58.4 Å². The van der Waals surface area contributed by atoms with Crippen LogP contribution in [0.1, 0.15) is 30.9 Å². The van der Waals surface area contributed by atoms with Gasteiger partial charge in [-0.1, -0.05) is 26.0 Å². The third kappa shape index (κ3) is 2.37. The minimum atomic E-state index is 0.500. The molecule has 1 heterocycles. The minimum absolute atomic E-state index is 0.500. The molecule has 0 amide bonds. The molecule has 3 aromatic rings. The predicted molar refractivity (Wildman–Crippen MR) is 87.3 cm³/mol. The molecular formula is C17H15N3S. The average Bonchev–Trinajstić information content (AvgIpc) is 2.82. The fourth-order valence-corrected chi connectivity index (χ4v) is 2.75. The zero-order chi connectivity index (χ0) is 15.0. The van der Waals surface area contributed by atoms with Gasteiger partial charge < -0.3 is 4.98 Å². The van der Waals surface area contributed by atoms with Gasteiger partial charge in [0.25, 0.3) is 0 Å². The Labute approximate surface area is 128 Å². The van der Waals surface area contributed by atoms with Crippen LogP contribution in [0.2, 0.25) is 0 Å². The number of fused-ring (bicyclic) bond motifs is 1. The zero-order valence-electron chi connectivity index (χ0n) is 11.9. The Balaban J connectivity index is 2.22. The molecule has 1 aromatic heterocycles. The predicted octanol–water partition coefficient (Wildman–Crippen LogP) is 4.68. The molecule has 3 nitrogen and oxygen atoms in total. The third-order valence-corrected chi connectivity index (χ3v) is 3.92. The molecule has 0 saturated carbocycles. The van der Waals surface area contributed by atoms with Gasteiger partial charge in [-0.15, -0.1) is 0 Å². The summed E-state index contributed by atoms with van der Waals surface area (Å²) >= 11 is 5.42. The molecule has 0 bridgehead atoms. The highest BCUT2D eigenvalue weighted by Gasteiger charge is 2.08. The van der Waals surface area contributed by atoms with Crippen molar-refractivity contribution >= 4 is 23.3 Å². The van der Waals surface area contributed by atoms with Gasteiger partial charge in [0.2, 0.25) is 0 Å². The van der Waals surface area contributed by atoms with Crippen molar-refractivity contribution in [2.75, 3.05) is 0 Å². The van der Waals surface area contributed by atoms with Crippen LogP contribution in [0.4, 0.5) is 0 Å². The Hall–Kier alpha value is -2.38. The van der Waals surface area contributed by atoms with Crippen LogP contribution >= 0.6 is 12.2 Å². The van der Waals surface area contributed by atoms with Crippen molar-refractivity contribution in [3.63, 3.8) is 0 Å². The van der Waals surface area contributed by atoms with Gasteiger partial charge in [0.15, 0.2) is 4.77 Å². The van der Waals surface area contributed by atoms with Crippen LogP contribution < -0.4 is 0 Å². The largest absolute Gasteiger partial charge is 0.330 e. The SMILES string of the molecule is CC(C)c1ccc(-n2c(=S)[nH]c3ccc(C#N)cc32)cc1. The molecule has 2 aromatic carbocycles. The first-order valence-electron chi connectivity index (χ1n) is 6.85. The van der Waals surface area contributed by atoms with E-state index in [1.54, 1.807) is 6.07 Å². The second kappa shape index (κ2) is 5.19. The molecule has 0 unspecified atom stereocenters. The molecule has 4 heteroatoms. The number of aromatic amines is 1. The van der Waals surface area contributed by atoms with E-state index in [1.807, 2.05) is 16.7 Å². The second-order valence-corrected chi connectivity index (χ2v) is 5.74. The smallest absolute Gasteiger partial charge is 0.182 e. The average molecular weight is 293 g/mol. The topological polar surface area (TPSA) is 44.5 Å². The standard InChI is InChI=1S/C17H15N3S/c1-11(2)13-4-6-14(7-5-13)20-16-9-12(10-18)3-8-15(16)19-17(20)21/h3-9,11H,1-2H3,(H,19,21). The second-order valence-electron chi connectivity index (χ2n) is 5.36. The van der Waals surface area contributed by atoms with E-state index in [0.717, 1.165) is 16.7 Å². The Morgan fingerprint density at radius 3 is 2.48 bits per heavy atom. The number of benzene rings is 2. The van der Waals surface area contributed by atoms with Crippen molar-refractivity contribution in [2.45, 2.75) is 19.8 Å². The molecule has 0 fully saturated rings. The van der Waals surface area contributed by atoms with Crippen LogP contribution in [-0.4, -0.2) is 9.55 Å². The summed E-state index contributed by atoms with van der Waals surface area (Å²) in [5, 5.41) is 9.07. The van der Waals surface area contributed by atoms with Gasteiger partial charge in [0, 0.05) is 5.69 Å². The molecule has 0 radical (unpaired) electrons. The van der Waals surface area contributed by atoms with Crippen LogP contribution in [0, 0.1) is 16.1 Å². The van der Waals surface area contributed by atoms with Gasteiger partial charge in [-0.3, -0.25) is 4.57 Å². The highest BCUT2D eigenvalue weighted by molar-refractivity contribution is 7.71. The van der Waals surface area contributed by atoms with E-state index < -0.39 is 0 Å².